The SMILES string of the molecule is CC(C)(C)[C@@H]1NC(=O)OCCCCCc2ccc3ccnc(c3c2)O[C@@H]2C[C@@H](C(=O)O)N(C1=O)C2C(F)(F)F. The molecule has 39 heavy (non-hydrogen) atoms. The average Bonchev–Trinajstić information content (AvgIpc) is 3.23. The number of carboxylic acids is 1. The van der Waals surface area contributed by atoms with Crippen molar-refractivity contribution in [3.05, 3.63) is 36.0 Å². The molecule has 0 aliphatic carbocycles. The number of halogens is 3. The number of benzene rings is 1. The van der Waals surface area contributed by atoms with Crippen molar-refractivity contribution in [2.24, 2.45) is 5.41 Å². The van der Waals surface area contributed by atoms with Gasteiger partial charge in [-0.25, -0.2) is 14.6 Å². The lowest BCUT2D eigenvalue weighted by molar-refractivity contribution is -0.200. The normalized spacial score (nSPS) is 25.4. The third kappa shape index (κ3) is 6.20. The van der Waals surface area contributed by atoms with Gasteiger partial charge in [-0.05, 0) is 54.2 Å². The number of carbonyl (C=O) groups excluding carboxylic acids is 2. The number of fused-ring (bicyclic) bond motifs is 3. The van der Waals surface area contributed by atoms with Crippen molar-refractivity contribution >= 4 is 28.7 Å². The van der Waals surface area contributed by atoms with Crippen LogP contribution in [-0.2, 0) is 20.7 Å². The standard InChI is InChI=1S/C27H32F3N3O6/c1-26(2,3)20-23(34)33-18(24(35)36)14-19(21(33)27(28,29)30)39-22-17-13-15(8-9-16(17)10-11-31-22)7-5-4-6-12-38-25(37)32-20/h8-11,13,18-21H,4-7,12,14H2,1-3H3,(H,32,37)(H,35,36)/t18-,19+,20+,21?/m0/s1. The maximum atomic E-state index is 14.6. The molecule has 212 valence electrons. The topological polar surface area (TPSA) is 118 Å². The second kappa shape index (κ2) is 10.9. The summed E-state index contributed by atoms with van der Waals surface area (Å²) in [5.41, 5.74) is -0.143. The van der Waals surface area contributed by atoms with Gasteiger partial charge < -0.3 is 24.8 Å². The van der Waals surface area contributed by atoms with Crippen molar-refractivity contribution < 1.29 is 42.1 Å². The molecule has 2 aliphatic heterocycles. The Bertz CT molecular complexity index is 1250. The number of cyclic esters (lactones) is 1. The zero-order valence-corrected chi connectivity index (χ0v) is 22.0. The van der Waals surface area contributed by atoms with Crippen LogP contribution in [0.3, 0.4) is 0 Å². The molecule has 12 heteroatoms. The van der Waals surface area contributed by atoms with E-state index < -0.39 is 60.2 Å². The second-order valence-electron chi connectivity index (χ2n) is 11.0. The number of aromatic nitrogens is 1. The van der Waals surface area contributed by atoms with Crippen LogP contribution in [0.1, 0.15) is 52.0 Å². The first-order valence-electron chi connectivity index (χ1n) is 12.9. The van der Waals surface area contributed by atoms with E-state index in [1.165, 1.54) is 6.20 Å². The van der Waals surface area contributed by atoms with Crippen molar-refractivity contribution in [2.45, 2.75) is 83.3 Å². The number of hydrogen-bond donors (Lipinski definition) is 2. The minimum Gasteiger partial charge on any atom is -0.480 e. The summed E-state index contributed by atoms with van der Waals surface area (Å²) in [7, 11) is 0. The lowest BCUT2D eigenvalue weighted by atomic mass is 9.85. The van der Waals surface area contributed by atoms with E-state index in [1.807, 2.05) is 12.1 Å². The molecule has 2 amide bonds. The van der Waals surface area contributed by atoms with Gasteiger partial charge in [-0.3, -0.25) is 4.79 Å². The summed E-state index contributed by atoms with van der Waals surface area (Å²) >= 11 is 0. The van der Waals surface area contributed by atoms with E-state index in [4.69, 9.17) is 9.47 Å². The van der Waals surface area contributed by atoms with Crippen LogP contribution in [0, 0.1) is 5.41 Å². The zero-order chi connectivity index (χ0) is 28.5. The van der Waals surface area contributed by atoms with E-state index in [2.05, 4.69) is 10.3 Å². The molecule has 2 N–H and O–H groups in total. The molecule has 9 nitrogen and oxygen atoms in total. The van der Waals surface area contributed by atoms with Gasteiger partial charge in [0.15, 0.2) is 6.04 Å². The molecule has 0 spiro atoms. The molecule has 4 atom stereocenters. The van der Waals surface area contributed by atoms with Crippen molar-refractivity contribution in [1.29, 1.82) is 0 Å². The van der Waals surface area contributed by atoms with Crippen LogP contribution in [0.4, 0.5) is 18.0 Å². The highest BCUT2D eigenvalue weighted by atomic mass is 19.4. The fourth-order valence-electron chi connectivity index (χ4n) is 5.14. The monoisotopic (exact) mass is 551 g/mol. The average molecular weight is 552 g/mol. The van der Waals surface area contributed by atoms with Crippen LogP contribution in [0.2, 0.25) is 0 Å². The molecule has 1 aromatic heterocycles. The molecule has 3 heterocycles. The summed E-state index contributed by atoms with van der Waals surface area (Å²) in [4.78, 5) is 42.9. The number of rotatable bonds is 1. The first kappa shape index (κ1) is 28.4. The Labute approximate surface area is 223 Å². The molecule has 1 unspecified atom stereocenters. The fraction of sp³-hybridized carbons (Fsp3) is 0.556. The Morgan fingerprint density at radius 1 is 1.13 bits per heavy atom. The Balaban J connectivity index is 1.83. The third-order valence-corrected chi connectivity index (χ3v) is 7.09. The molecule has 0 radical (unpaired) electrons. The molecule has 1 fully saturated rings. The molecule has 2 aromatic rings. The number of nitrogens with zero attached hydrogens (tertiary/aromatic N) is 2. The molecule has 2 aliphatic rings. The van der Waals surface area contributed by atoms with Crippen LogP contribution in [0.25, 0.3) is 10.8 Å². The van der Waals surface area contributed by atoms with Gasteiger partial charge in [0.25, 0.3) is 0 Å². The highest BCUT2D eigenvalue weighted by Gasteiger charge is 2.61. The number of pyridine rings is 1. The lowest BCUT2D eigenvalue weighted by Crippen LogP contribution is -2.61. The summed E-state index contributed by atoms with van der Waals surface area (Å²) in [5, 5.41) is 13.5. The number of hydrogen-bond acceptors (Lipinski definition) is 6. The van der Waals surface area contributed by atoms with Crippen LogP contribution in [0.5, 0.6) is 5.88 Å². The first-order chi connectivity index (χ1) is 18.3. The Morgan fingerprint density at radius 3 is 2.54 bits per heavy atom. The van der Waals surface area contributed by atoms with Gasteiger partial charge in [0.2, 0.25) is 11.8 Å². The Hall–Kier alpha value is -3.57. The molecule has 4 bridgehead atoms. The van der Waals surface area contributed by atoms with E-state index in [9.17, 15) is 32.7 Å². The number of aliphatic carboxylic acids is 1. The summed E-state index contributed by atoms with van der Waals surface area (Å²) in [6, 6.07) is 1.32. The number of nitrogens with one attached hydrogen (secondary N) is 1. The lowest BCUT2D eigenvalue weighted by Gasteiger charge is -2.38. The fourth-order valence-corrected chi connectivity index (χ4v) is 5.14. The highest BCUT2D eigenvalue weighted by molar-refractivity contribution is 5.91. The maximum absolute atomic E-state index is 14.6. The summed E-state index contributed by atoms with van der Waals surface area (Å²) in [6.07, 6.45) is -4.19. The number of alkyl carbamates (subject to hydrolysis) is 1. The summed E-state index contributed by atoms with van der Waals surface area (Å²) < 4.78 is 54.8. The highest BCUT2D eigenvalue weighted by Crippen LogP contribution is 2.40. The van der Waals surface area contributed by atoms with Crippen LogP contribution in [-0.4, -0.2) is 70.0 Å². The maximum Gasteiger partial charge on any atom is 0.412 e. The Morgan fingerprint density at radius 2 is 1.87 bits per heavy atom. The third-order valence-electron chi connectivity index (χ3n) is 7.09. The van der Waals surface area contributed by atoms with Gasteiger partial charge in [0, 0.05) is 18.0 Å². The summed E-state index contributed by atoms with van der Waals surface area (Å²) in [5.74, 6) is -2.87. The zero-order valence-electron chi connectivity index (χ0n) is 22.0. The number of carbonyl (C=O) groups is 3. The molecular formula is C27H32F3N3O6. The number of ether oxygens (including phenoxy) is 2. The quantitative estimate of drug-likeness (QED) is 0.537. The van der Waals surface area contributed by atoms with Gasteiger partial charge in [-0.15, -0.1) is 0 Å². The second-order valence-corrected chi connectivity index (χ2v) is 11.0. The molecular weight excluding hydrogens is 519 g/mol. The van der Waals surface area contributed by atoms with Gasteiger partial charge >= 0.3 is 18.2 Å². The van der Waals surface area contributed by atoms with Gasteiger partial charge in [0.1, 0.15) is 18.2 Å². The first-order valence-corrected chi connectivity index (χ1v) is 12.9. The van der Waals surface area contributed by atoms with Gasteiger partial charge in [0.05, 0.1) is 6.61 Å². The van der Waals surface area contributed by atoms with Crippen LogP contribution in [0.15, 0.2) is 30.5 Å². The molecule has 1 aromatic carbocycles. The predicted molar refractivity (Wildman–Crippen MR) is 134 cm³/mol. The smallest absolute Gasteiger partial charge is 0.412 e. The van der Waals surface area contributed by atoms with E-state index in [0.29, 0.717) is 28.5 Å². The number of aryl methyl sites for hydroxylation is 1. The number of alkyl halides is 3. The van der Waals surface area contributed by atoms with Crippen LogP contribution < -0.4 is 10.1 Å². The van der Waals surface area contributed by atoms with Crippen molar-refractivity contribution in [2.75, 3.05) is 6.61 Å². The molecule has 4 rings (SSSR count). The van der Waals surface area contributed by atoms with E-state index in [-0.39, 0.29) is 12.5 Å². The number of amides is 2. The Kier molecular flexibility index (Phi) is 7.94. The predicted octanol–water partition coefficient (Wildman–Crippen LogP) is 4.47. The van der Waals surface area contributed by atoms with Gasteiger partial charge in [-0.1, -0.05) is 32.9 Å². The van der Waals surface area contributed by atoms with E-state index >= 15 is 0 Å². The summed E-state index contributed by atoms with van der Waals surface area (Å²) in [6.45, 7) is 4.73. The number of carboxylic acid groups (broad SMARTS) is 1. The van der Waals surface area contributed by atoms with Crippen LogP contribution >= 0.6 is 0 Å². The van der Waals surface area contributed by atoms with E-state index in [1.54, 1.807) is 32.9 Å². The minimum absolute atomic E-state index is 0.0607. The minimum atomic E-state index is -5.04. The van der Waals surface area contributed by atoms with Gasteiger partial charge in [-0.2, -0.15) is 13.2 Å². The molecule has 1 saturated heterocycles. The largest absolute Gasteiger partial charge is 0.480 e. The van der Waals surface area contributed by atoms with E-state index in [0.717, 1.165) is 18.4 Å². The van der Waals surface area contributed by atoms with Crippen molar-refractivity contribution in [1.82, 2.24) is 15.2 Å². The van der Waals surface area contributed by atoms with Crippen molar-refractivity contribution in [3.63, 3.8) is 0 Å². The van der Waals surface area contributed by atoms with Crippen molar-refractivity contribution in [3.8, 4) is 5.88 Å². The molecule has 0 saturated carbocycles.